The van der Waals surface area contributed by atoms with Crippen molar-refractivity contribution in [2.45, 2.75) is 102 Å². The fraction of sp³-hybridized carbons (Fsp3) is 0.500. The number of aliphatic hydroxyl groups excluding tert-OH is 1. The van der Waals surface area contributed by atoms with Crippen molar-refractivity contribution in [2.75, 3.05) is 20.1 Å². The van der Waals surface area contributed by atoms with E-state index in [1.807, 2.05) is 19.1 Å². The van der Waals surface area contributed by atoms with E-state index in [1.54, 1.807) is 42.5 Å². The number of benzene rings is 1. The molecule has 3 saturated heterocycles. The van der Waals surface area contributed by atoms with Crippen molar-refractivity contribution in [1.29, 1.82) is 0 Å². The van der Waals surface area contributed by atoms with E-state index in [9.17, 15) is 38.7 Å². The van der Waals surface area contributed by atoms with Crippen LogP contribution in [0.4, 0.5) is 0 Å². The van der Waals surface area contributed by atoms with Crippen LogP contribution in [0.25, 0.3) is 0 Å². The minimum atomic E-state index is -1.27. The molecule has 4 N–H and O–H groups in total. The number of fused-ring (bicyclic) bond motifs is 2. The van der Waals surface area contributed by atoms with Crippen LogP contribution in [0.5, 0.6) is 0 Å². The average Bonchev–Trinajstić information content (AvgIpc) is 3.78. The molecular formula is C38H50N6O8. The van der Waals surface area contributed by atoms with Gasteiger partial charge in [0.25, 0.3) is 0 Å². The zero-order chi connectivity index (χ0) is 37.9. The van der Waals surface area contributed by atoms with Gasteiger partial charge in [0.2, 0.25) is 35.4 Å². The van der Waals surface area contributed by atoms with Gasteiger partial charge in [-0.25, -0.2) is 0 Å². The molecule has 7 unspecified atom stereocenters. The summed E-state index contributed by atoms with van der Waals surface area (Å²) in [5, 5.41) is 18.6. The lowest BCUT2D eigenvalue weighted by molar-refractivity contribution is -0.149. The third-order valence-electron chi connectivity index (χ3n) is 9.77. The summed E-state index contributed by atoms with van der Waals surface area (Å²) in [5.41, 5.74) is 0.754. The maximum absolute atomic E-state index is 14.3. The molecule has 14 nitrogen and oxygen atoms in total. The minimum absolute atomic E-state index is 0.0132. The monoisotopic (exact) mass is 718 g/mol. The topological polar surface area (TPSA) is 186 Å². The molecule has 3 aliphatic heterocycles. The molecule has 0 bridgehead atoms. The van der Waals surface area contributed by atoms with Crippen molar-refractivity contribution in [3.63, 3.8) is 0 Å². The van der Waals surface area contributed by atoms with E-state index in [0.29, 0.717) is 12.8 Å². The van der Waals surface area contributed by atoms with Crippen molar-refractivity contribution < 1.29 is 38.7 Å². The van der Waals surface area contributed by atoms with Crippen molar-refractivity contribution >= 4 is 41.2 Å². The Hall–Kier alpha value is -5.11. The van der Waals surface area contributed by atoms with Crippen LogP contribution in [-0.4, -0.2) is 124 Å². The van der Waals surface area contributed by atoms with Crippen molar-refractivity contribution in [3.05, 3.63) is 72.4 Å². The molecule has 1 aromatic carbocycles. The Balaban J connectivity index is 1.66. The number of Topliss-reactive ketones (excluding diaryl/α,β-unsaturated/α-hetero) is 1. The first-order valence-electron chi connectivity index (χ1n) is 17.8. The molecule has 3 heterocycles. The molecule has 0 aromatic heterocycles. The summed E-state index contributed by atoms with van der Waals surface area (Å²) >= 11 is 0. The van der Waals surface area contributed by atoms with Crippen molar-refractivity contribution in [3.8, 4) is 0 Å². The highest BCUT2D eigenvalue weighted by atomic mass is 16.3. The second-order valence-corrected chi connectivity index (χ2v) is 13.5. The predicted molar refractivity (Wildman–Crippen MR) is 192 cm³/mol. The quantitative estimate of drug-likeness (QED) is 0.222. The number of amides is 6. The summed E-state index contributed by atoms with van der Waals surface area (Å²) in [6, 6.07) is 2.70. The van der Waals surface area contributed by atoms with Crippen LogP contribution in [0, 0.1) is 0 Å². The number of carbonyl (C=O) groups excluding carboxylic acids is 7. The van der Waals surface area contributed by atoms with Gasteiger partial charge in [-0.3, -0.25) is 33.6 Å². The molecule has 14 heteroatoms. The number of likely N-dealkylation sites (N-methyl/N-ethyl adjacent to an activating group) is 1. The summed E-state index contributed by atoms with van der Waals surface area (Å²) < 4.78 is 0. The first kappa shape index (κ1) is 39.7. The molecule has 0 aliphatic carbocycles. The summed E-state index contributed by atoms with van der Waals surface area (Å²) in [7, 11) is 1.45. The van der Waals surface area contributed by atoms with Crippen LogP contribution in [0.3, 0.4) is 0 Å². The maximum atomic E-state index is 14.3. The van der Waals surface area contributed by atoms with E-state index >= 15 is 0 Å². The number of rotatable bonds is 8. The molecule has 280 valence electrons. The second kappa shape index (κ2) is 18.4. The first-order chi connectivity index (χ1) is 24.8. The van der Waals surface area contributed by atoms with Crippen molar-refractivity contribution in [1.82, 2.24) is 30.7 Å². The Morgan fingerprint density at radius 2 is 1.65 bits per heavy atom. The van der Waals surface area contributed by atoms with Gasteiger partial charge >= 0.3 is 0 Å². The van der Waals surface area contributed by atoms with E-state index in [2.05, 4.69) is 16.0 Å². The molecule has 52 heavy (non-hydrogen) atoms. The number of hydrogen-bond donors (Lipinski definition) is 4. The molecule has 3 aliphatic rings. The molecule has 6 amide bonds. The average molecular weight is 719 g/mol. The van der Waals surface area contributed by atoms with Crippen LogP contribution >= 0.6 is 0 Å². The van der Waals surface area contributed by atoms with Gasteiger partial charge in [0.15, 0.2) is 5.78 Å². The second-order valence-electron chi connectivity index (χ2n) is 13.5. The zero-order valence-electron chi connectivity index (χ0n) is 30.2. The molecule has 0 spiro atoms. The highest BCUT2D eigenvalue weighted by molar-refractivity contribution is 5.98. The number of nitrogens with zero attached hydrogens (tertiary/aromatic N) is 3. The van der Waals surface area contributed by atoms with Gasteiger partial charge in [-0.2, -0.15) is 0 Å². The molecule has 3 fully saturated rings. The van der Waals surface area contributed by atoms with Gasteiger partial charge in [0.1, 0.15) is 30.2 Å². The first-order valence-corrected chi connectivity index (χ1v) is 17.8. The number of nitrogens with one attached hydrogen (secondary N) is 3. The lowest BCUT2D eigenvalue weighted by Crippen LogP contribution is -2.59. The smallest absolute Gasteiger partial charge is 0.245 e. The summed E-state index contributed by atoms with van der Waals surface area (Å²) in [6.07, 6.45) is 9.40. The Labute approximate surface area is 304 Å². The van der Waals surface area contributed by atoms with Crippen LogP contribution in [0.2, 0.25) is 0 Å². The largest absolute Gasteiger partial charge is 0.391 e. The molecule has 0 radical (unpaired) electrons. The SMILES string of the molecule is C/C=C/C=C/C=C/C(=O)NC(Cc1ccccc1)C(=O)NC1CCC(=O)C2CC(O)CN2C(=O)C(C)NC(=O)C(C)N(C)C(=O)C2CCCN2C1=O. The number of ketones is 1. The fourth-order valence-corrected chi connectivity index (χ4v) is 6.74. The minimum Gasteiger partial charge on any atom is -0.391 e. The number of hydrogen-bond acceptors (Lipinski definition) is 8. The van der Waals surface area contributed by atoms with Gasteiger partial charge in [0, 0.05) is 45.5 Å². The predicted octanol–water partition coefficient (Wildman–Crippen LogP) is 0.555. The highest BCUT2D eigenvalue weighted by Gasteiger charge is 2.44. The lowest BCUT2D eigenvalue weighted by atomic mass is 9.99. The molecular weight excluding hydrogens is 668 g/mol. The summed E-state index contributed by atoms with van der Waals surface area (Å²) in [6.45, 7) is 4.95. The van der Waals surface area contributed by atoms with E-state index in [-0.39, 0.29) is 38.8 Å². The number of aliphatic hydroxyl groups is 1. The molecule has 1 aromatic rings. The Morgan fingerprint density at radius 3 is 2.37 bits per heavy atom. The Morgan fingerprint density at radius 1 is 0.942 bits per heavy atom. The third kappa shape index (κ3) is 10.0. The van der Waals surface area contributed by atoms with Gasteiger partial charge in [-0.1, -0.05) is 60.7 Å². The lowest BCUT2D eigenvalue weighted by Gasteiger charge is -2.34. The van der Waals surface area contributed by atoms with Crippen LogP contribution in [0.15, 0.2) is 66.8 Å². The van der Waals surface area contributed by atoms with E-state index in [1.165, 1.54) is 47.7 Å². The summed E-state index contributed by atoms with van der Waals surface area (Å²) in [4.78, 5) is 99.2. The Kier molecular flexibility index (Phi) is 14.0. The van der Waals surface area contributed by atoms with Crippen LogP contribution < -0.4 is 16.0 Å². The zero-order valence-corrected chi connectivity index (χ0v) is 30.2. The summed E-state index contributed by atoms with van der Waals surface area (Å²) in [5.74, 6) is -3.84. The Bertz CT molecular complexity index is 1590. The van der Waals surface area contributed by atoms with Crippen LogP contribution in [-0.2, 0) is 40.0 Å². The van der Waals surface area contributed by atoms with Gasteiger partial charge in [0.05, 0.1) is 12.1 Å². The third-order valence-corrected chi connectivity index (χ3v) is 9.77. The van der Waals surface area contributed by atoms with E-state index < -0.39 is 83.6 Å². The van der Waals surface area contributed by atoms with E-state index in [0.717, 1.165) is 5.56 Å². The van der Waals surface area contributed by atoms with Gasteiger partial charge in [-0.05, 0) is 45.6 Å². The molecule has 0 saturated carbocycles. The molecule has 7 atom stereocenters. The van der Waals surface area contributed by atoms with Gasteiger partial charge < -0.3 is 35.8 Å². The van der Waals surface area contributed by atoms with E-state index in [4.69, 9.17) is 0 Å². The van der Waals surface area contributed by atoms with Crippen molar-refractivity contribution in [2.24, 2.45) is 0 Å². The van der Waals surface area contributed by atoms with Gasteiger partial charge in [-0.15, -0.1) is 0 Å². The fourth-order valence-electron chi connectivity index (χ4n) is 6.74. The molecule has 4 rings (SSSR count). The highest BCUT2D eigenvalue weighted by Crippen LogP contribution is 2.25. The number of allylic oxidation sites excluding steroid dienone is 5. The number of carbonyl (C=O) groups is 7. The standard InChI is InChI=1S/C38H50N6O8/c1-5-6-7-8-12-17-33(47)40-29(21-26-14-10-9-11-15-26)35(49)41-28-18-19-32(46)31-22-27(45)23-44(31)36(50)24(2)39-34(48)25(3)42(4)38(52)30-16-13-20-43(30)37(28)51/h5-12,14-15,17,24-25,27-31,45H,13,16,18-23H2,1-4H3,(H,39,48)(H,40,47)(H,41,49)/b6-5+,8-7+,17-12+. The normalized spacial score (nSPS) is 27.3. The maximum Gasteiger partial charge on any atom is 0.245 e. The van der Waals surface area contributed by atoms with Crippen LogP contribution in [0.1, 0.15) is 58.4 Å².